The Balaban J connectivity index is 1.81. The Bertz CT molecular complexity index is 1570. The van der Waals surface area contributed by atoms with Crippen molar-refractivity contribution >= 4 is 50.1 Å². The van der Waals surface area contributed by atoms with Gasteiger partial charge in [-0.15, -0.1) is 0 Å². The molecule has 6 nitrogen and oxygen atoms in total. The van der Waals surface area contributed by atoms with Crippen LogP contribution in [-0.2, 0) is 27.4 Å². The molecule has 0 spiro atoms. The summed E-state index contributed by atoms with van der Waals surface area (Å²) in [7, 11) is -4.23. The molecule has 1 N–H and O–H groups in total. The van der Waals surface area contributed by atoms with E-state index in [0.717, 1.165) is 28.4 Å². The molecular weight excluding hydrogens is 528 g/mol. The lowest BCUT2D eigenvalue weighted by atomic mass is 10.1. The van der Waals surface area contributed by atoms with Crippen molar-refractivity contribution in [3.63, 3.8) is 0 Å². The average molecular weight is 543 g/mol. The highest BCUT2D eigenvalue weighted by Gasteiger charge is 2.31. The van der Waals surface area contributed by atoms with Gasteiger partial charge in [0.15, 0.2) is 0 Å². The number of pyridine rings is 1. The number of halogens is 5. The van der Waals surface area contributed by atoms with E-state index in [1.807, 2.05) is 0 Å². The summed E-state index contributed by atoms with van der Waals surface area (Å²) in [5, 5.41) is 9.66. The second-order valence-electron chi connectivity index (χ2n) is 7.61. The van der Waals surface area contributed by atoms with Gasteiger partial charge in [-0.25, -0.2) is 12.4 Å². The molecule has 0 aliphatic rings. The fourth-order valence-corrected chi connectivity index (χ4v) is 5.47. The van der Waals surface area contributed by atoms with Gasteiger partial charge in [-0.2, -0.15) is 13.2 Å². The SMILES string of the molecule is O=C(O)CCc1cn(S(=O)(=O)c2cncc(-c3ccc(C(F)(F)F)cc3Cl)c2)c2ccc(Cl)cc12. The molecule has 12 heteroatoms. The molecule has 4 rings (SSSR count). The summed E-state index contributed by atoms with van der Waals surface area (Å²) in [5.74, 6) is -1.04. The second kappa shape index (κ2) is 9.18. The van der Waals surface area contributed by atoms with E-state index in [2.05, 4.69) is 4.98 Å². The van der Waals surface area contributed by atoms with Crippen LogP contribution in [0.15, 0.2) is 66.0 Å². The van der Waals surface area contributed by atoms with Gasteiger partial charge in [0.2, 0.25) is 0 Å². The van der Waals surface area contributed by atoms with Crippen molar-refractivity contribution in [3.05, 3.63) is 82.2 Å². The van der Waals surface area contributed by atoms with Gasteiger partial charge in [0, 0.05) is 51.6 Å². The lowest BCUT2D eigenvalue weighted by Crippen LogP contribution is -2.12. The number of fused-ring (bicyclic) bond motifs is 1. The van der Waals surface area contributed by atoms with E-state index in [1.165, 1.54) is 30.6 Å². The van der Waals surface area contributed by atoms with Crippen molar-refractivity contribution in [2.45, 2.75) is 23.9 Å². The van der Waals surface area contributed by atoms with E-state index >= 15 is 0 Å². The number of rotatable bonds is 6. The summed E-state index contributed by atoms with van der Waals surface area (Å²) in [6, 6.07) is 8.58. The fourth-order valence-electron chi connectivity index (χ4n) is 3.62. The van der Waals surface area contributed by atoms with E-state index in [9.17, 15) is 26.4 Å². The number of nitrogens with zero attached hydrogens (tertiary/aromatic N) is 2. The molecule has 0 aliphatic carbocycles. The molecule has 0 radical (unpaired) electrons. The standard InChI is InChI=1S/C23H15Cl2F3N2O4S/c24-16-3-5-21-19(9-16)13(1-6-22(31)32)12-30(21)35(33,34)17-7-14(10-29-11-17)18-4-2-15(8-20(18)25)23(26,27)28/h2-5,7-12H,1,6H2,(H,31,32). The molecule has 0 bridgehead atoms. The first-order chi connectivity index (χ1) is 16.4. The van der Waals surface area contributed by atoms with Crippen molar-refractivity contribution in [1.29, 1.82) is 0 Å². The Kier molecular flexibility index (Phi) is 6.56. The van der Waals surface area contributed by atoms with Crippen LogP contribution in [0, 0.1) is 0 Å². The number of aromatic nitrogens is 2. The molecular formula is C23H15Cl2F3N2O4S. The number of aryl methyl sites for hydroxylation is 1. The maximum absolute atomic E-state index is 13.5. The number of benzene rings is 2. The summed E-state index contributed by atoms with van der Waals surface area (Å²) in [6.07, 6.45) is -0.989. The minimum Gasteiger partial charge on any atom is -0.481 e. The highest BCUT2D eigenvalue weighted by molar-refractivity contribution is 7.90. The molecule has 35 heavy (non-hydrogen) atoms. The maximum atomic E-state index is 13.5. The van der Waals surface area contributed by atoms with Crippen LogP contribution < -0.4 is 0 Å². The lowest BCUT2D eigenvalue weighted by molar-refractivity contribution is -0.138. The van der Waals surface area contributed by atoms with Crippen molar-refractivity contribution in [3.8, 4) is 11.1 Å². The van der Waals surface area contributed by atoms with Crippen LogP contribution in [0.4, 0.5) is 13.2 Å². The third kappa shape index (κ3) is 5.00. The summed E-state index contributed by atoms with van der Waals surface area (Å²) in [6.45, 7) is 0. The zero-order valence-corrected chi connectivity index (χ0v) is 19.9. The lowest BCUT2D eigenvalue weighted by Gasteiger charge is -2.12. The Hall–Kier alpha value is -3.08. The van der Waals surface area contributed by atoms with Gasteiger partial charge < -0.3 is 5.11 Å². The van der Waals surface area contributed by atoms with Crippen LogP contribution in [0.1, 0.15) is 17.5 Å². The predicted octanol–water partition coefficient (Wildman–Crippen LogP) is 6.28. The van der Waals surface area contributed by atoms with Gasteiger partial charge in [0.25, 0.3) is 10.0 Å². The first-order valence-corrected chi connectivity index (χ1v) is 12.2. The normalized spacial score (nSPS) is 12.3. The van der Waals surface area contributed by atoms with Crippen LogP contribution in [0.3, 0.4) is 0 Å². The van der Waals surface area contributed by atoms with E-state index in [1.54, 1.807) is 6.07 Å². The van der Waals surface area contributed by atoms with Crippen LogP contribution in [0.5, 0.6) is 0 Å². The third-order valence-electron chi connectivity index (χ3n) is 5.30. The average Bonchev–Trinajstić information content (AvgIpc) is 3.15. The zero-order valence-electron chi connectivity index (χ0n) is 17.6. The molecule has 2 aromatic heterocycles. The molecule has 4 aromatic rings. The summed E-state index contributed by atoms with van der Waals surface area (Å²) in [5.41, 5.74) is 0.205. The number of carbonyl (C=O) groups is 1. The van der Waals surface area contributed by atoms with Crippen LogP contribution in [0.25, 0.3) is 22.0 Å². The maximum Gasteiger partial charge on any atom is 0.416 e. The van der Waals surface area contributed by atoms with Crippen molar-refractivity contribution < 1.29 is 31.5 Å². The van der Waals surface area contributed by atoms with Gasteiger partial charge in [-0.1, -0.05) is 29.3 Å². The minimum atomic E-state index is -4.58. The third-order valence-corrected chi connectivity index (χ3v) is 7.49. The second-order valence-corrected chi connectivity index (χ2v) is 10.3. The quantitative estimate of drug-likeness (QED) is 0.309. The van der Waals surface area contributed by atoms with Crippen molar-refractivity contribution in [2.75, 3.05) is 0 Å². The number of hydrogen-bond acceptors (Lipinski definition) is 4. The predicted molar refractivity (Wildman–Crippen MR) is 125 cm³/mol. The van der Waals surface area contributed by atoms with Crippen LogP contribution in [-0.4, -0.2) is 28.5 Å². The highest BCUT2D eigenvalue weighted by Crippen LogP contribution is 2.36. The largest absolute Gasteiger partial charge is 0.481 e. The van der Waals surface area contributed by atoms with E-state index in [-0.39, 0.29) is 39.4 Å². The molecule has 0 unspecified atom stereocenters. The molecule has 0 amide bonds. The summed E-state index contributed by atoms with van der Waals surface area (Å²) in [4.78, 5) is 14.8. The number of hydrogen-bond donors (Lipinski definition) is 1. The number of alkyl halides is 3. The van der Waals surface area contributed by atoms with Crippen molar-refractivity contribution in [2.24, 2.45) is 0 Å². The first kappa shape index (κ1) is 25.0. The van der Waals surface area contributed by atoms with E-state index < -0.39 is 27.7 Å². The minimum absolute atomic E-state index is 0.0775. The molecule has 2 aromatic carbocycles. The fraction of sp³-hybridized carbons (Fsp3) is 0.130. The van der Waals surface area contributed by atoms with Gasteiger partial charge >= 0.3 is 12.1 Å². The zero-order chi connectivity index (χ0) is 25.5. The molecule has 0 aliphatic heterocycles. The van der Waals surface area contributed by atoms with Gasteiger partial charge in [-0.3, -0.25) is 9.78 Å². The van der Waals surface area contributed by atoms with Gasteiger partial charge in [0.1, 0.15) is 4.90 Å². The number of carboxylic acid groups (broad SMARTS) is 1. The Labute approximate surface area is 207 Å². The molecule has 0 fully saturated rings. The van der Waals surface area contributed by atoms with Gasteiger partial charge in [-0.05, 0) is 48.4 Å². The van der Waals surface area contributed by atoms with E-state index in [0.29, 0.717) is 16.0 Å². The van der Waals surface area contributed by atoms with Crippen LogP contribution >= 0.6 is 23.2 Å². The van der Waals surface area contributed by atoms with E-state index in [4.69, 9.17) is 28.3 Å². The highest BCUT2D eigenvalue weighted by atomic mass is 35.5. The van der Waals surface area contributed by atoms with Crippen LogP contribution in [0.2, 0.25) is 10.0 Å². The number of aliphatic carboxylic acids is 1. The first-order valence-electron chi connectivity index (χ1n) is 9.97. The molecule has 0 saturated heterocycles. The Morgan fingerprint density at radius 2 is 1.80 bits per heavy atom. The number of carboxylic acids is 1. The monoisotopic (exact) mass is 542 g/mol. The summed E-state index contributed by atoms with van der Waals surface area (Å²) < 4.78 is 67.0. The van der Waals surface area contributed by atoms with Crippen molar-refractivity contribution in [1.82, 2.24) is 8.96 Å². The summed E-state index contributed by atoms with van der Waals surface area (Å²) >= 11 is 12.1. The Morgan fingerprint density at radius 1 is 1.06 bits per heavy atom. The molecule has 2 heterocycles. The molecule has 0 atom stereocenters. The topological polar surface area (TPSA) is 89.3 Å². The Morgan fingerprint density at radius 3 is 2.46 bits per heavy atom. The smallest absolute Gasteiger partial charge is 0.416 e. The van der Waals surface area contributed by atoms with Gasteiger partial charge in [0.05, 0.1) is 11.1 Å². The molecule has 0 saturated carbocycles. The molecule has 182 valence electrons.